The van der Waals surface area contributed by atoms with Crippen molar-refractivity contribution in [2.24, 2.45) is 0 Å². The number of aromatic nitrogens is 3. The number of hydrogen-bond donors (Lipinski definition) is 1. The van der Waals surface area contributed by atoms with Crippen LogP contribution >= 0.6 is 0 Å². The van der Waals surface area contributed by atoms with E-state index in [-0.39, 0.29) is 23.8 Å². The van der Waals surface area contributed by atoms with Crippen molar-refractivity contribution in [1.82, 2.24) is 25.0 Å². The fraction of sp³-hybridized carbons (Fsp3) is 0.346. The van der Waals surface area contributed by atoms with E-state index in [2.05, 4.69) is 10.4 Å². The Morgan fingerprint density at radius 1 is 1.21 bits per heavy atom. The highest BCUT2D eigenvalue weighted by atomic mass is 19.1. The number of nitrogens with zero attached hydrogens (tertiary/aromatic N) is 4. The van der Waals surface area contributed by atoms with E-state index in [1.165, 1.54) is 12.1 Å². The highest BCUT2D eigenvalue weighted by Crippen LogP contribution is 2.30. The number of carbonyl (C=O) groups is 1. The first-order valence-electron chi connectivity index (χ1n) is 11.3. The first-order valence-corrected chi connectivity index (χ1v) is 11.3. The van der Waals surface area contributed by atoms with Crippen LogP contribution in [0.5, 0.6) is 0 Å². The first kappa shape index (κ1) is 23.6. The van der Waals surface area contributed by atoms with Gasteiger partial charge in [0.2, 0.25) is 0 Å². The van der Waals surface area contributed by atoms with Crippen molar-refractivity contribution in [3.05, 3.63) is 71.1 Å². The minimum Gasteiger partial charge on any atom is -0.466 e. The second kappa shape index (κ2) is 9.38. The quantitative estimate of drug-likeness (QED) is 0.415. The van der Waals surface area contributed by atoms with E-state index in [1.807, 2.05) is 63.5 Å². The summed E-state index contributed by atoms with van der Waals surface area (Å²) in [4.78, 5) is 20.2. The van der Waals surface area contributed by atoms with Crippen LogP contribution in [0.3, 0.4) is 0 Å². The van der Waals surface area contributed by atoms with Gasteiger partial charge in [0.15, 0.2) is 5.65 Å². The number of nitrogens with one attached hydrogen (secondary N) is 1. The Bertz CT molecular complexity index is 1340. The molecule has 1 amide bonds. The lowest BCUT2D eigenvalue weighted by atomic mass is 10.0. The predicted octanol–water partition coefficient (Wildman–Crippen LogP) is 5.06. The summed E-state index contributed by atoms with van der Waals surface area (Å²) in [7, 11) is 3.81. The molecule has 1 N–H and O–H groups in total. The van der Waals surface area contributed by atoms with Gasteiger partial charge in [-0.15, -0.1) is 0 Å². The molecule has 0 bridgehead atoms. The molecule has 4 rings (SSSR count). The standard InChI is InChI=1S/C26H30FN5O2/c1-15(2)32-25-22(13-29-32)21(12-23(30-25)20-10-16(3)34-17(20)4)26(33)28-14-24(31(5)6)18-8-7-9-19(27)11-18/h7-13,15,24H,14H2,1-6H3,(H,28,33). The SMILES string of the molecule is Cc1cc(-c2cc(C(=O)NCC(c3cccc(F)c3)N(C)C)c3cnn(C(C)C)c3n2)c(C)o1. The van der Waals surface area contributed by atoms with Crippen molar-refractivity contribution in [2.75, 3.05) is 20.6 Å². The van der Waals surface area contributed by atoms with Gasteiger partial charge in [-0.25, -0.2) is 14.1 Å². The van der Waals surface area contributed by atoms with E-state index < -0.39 is 0 Å². The van der Waals surface area contributed by atoms with Gasteiger partial charge >= 0.3 is 0 Å². The monoisotopic (exact) mass is 463 g/mol. The lowest BCUT2D eigenvalue weighted by Crippen LogP contribution is -2.34. The van der Waals surface area contributed by atoms with Gasteiger partial charge in [0.05, 0.1) is 28.9 Å². The second-order valence-electron chi connectivity index (χ2n) is 9.05. The second-order valence-corrected chi connectivity index (χ2v) is 9.05. The third-order valence-corrected chi connectivity index (χ3v) is 5.93. The normalized spacial score (nSPS) is 12.6. The van der Waals surface area contributed by atoms with E-state index in [1.54, 1.807) is 18.3 Å². The van der Waals surface area contributed by atoms with Gasteiger partial charge < -0.3 is 14.6 Å². The van der Waals surface area contributed by atoms with Gasteiger partial charge in [0, 0.05) is 18.2 Å². The number of pyridine rings is 1. The number of halogens is 1. The van der Waals surface area contributed by atoms with Crippen LogP contribution < -0.4 is 5.32 Å². The summed E-state index contributed by atoms with van der Waals surface area (Å²) >= 11 is 0. The van der Waals surface area contributed by atoms with Crippen molar-refractivity contribution in [2.45, 2.75) is 39.8 Å². The molecule has 1 aromatic carbocycles. The summed E-state index contributed by atoms with van der Waals surface area (Å²) in [6.07, 6.45) is 1.69. The number of rotatable bonds is 7. The molecule has 0 aliphatic rings. The minimum atomic E-state index is -0.303. The molecule has 1 unspecified atom stereocenters. The van der Waals surface area contributed by atoms with Gasteiger partial charge in [-0.05, 0) is 71.6 Å². The van der Waals surface area contributed by atoms with E-state index in [4.69, 9.17) is 9.40 Å². The zero-order valence-electron chi connectivity index (χ0n) is 20.4. The van der Waals surface area contributed by atoms with Crippen LogP contribution in [0, 0.1) is 19.7 Å². The van der Waals surface area contributed by atoms with E-state index >= 15 is 0 Å². The molecular weight excluding hydrogens is 433 g/mol. The molecule has 0 aliphatic carbocycles. The average Bonchev–Trinajstić information content (AvgIpc) is 3.35. The number of amides is 1. The summed E-state index contributed by atoms with van der Waals surface area (Å²) in [5.41, 5.74) is 3.43. The zero-order chi connectivity index (χ0) is 24.6. The fourth-order valence-electron chi connectivity index (χ4n) is 4.20. The van der Waals surface area contributed by atoms with Crippen LogP contribution in [0.15, 0.2) is 47.0 Å². The number of fused-ring (bicyclic) bond motifs is 1. The summed E-state index contributed by atoms with van der Waals surface area (Å²) in [6.45, 7) is 8.13. The molecule has 0 fully saturated rings. The fourth-order valence-corrected chi connectivity index (χ4v) is 4.20. The average molecular weight is 464 g/mol. The van der Waals surface area contributed by atoms with Crippen LogP contribution in [0.1, 0.15) is 53.4 Å². The molecule has 34 heavy (non-hydrogen) atoms. The van der Waals surface area contributed by atoms with Gasteiger partial charge in [-0.2, -0.15) is 5.10 Å². The van der Waals surface area contributed by atoms with Gasteiger partial charge in [-0.1, -0.05) is 12.1 Å². The molecule has 0 radical (unpaired) electrons. The Hall–Kier alpha value is -3.52. The Labute approximate surface area is 198 Å². The van der Waals surface area contributed by atoms with E-state index in [0.29, 0.717) is 28.8 Å². The van der Waals surface area contributed by atoms with Gasteiger partial charge in [0.25, 0.3) is 5.91 Å². The summed E-state index contributed by atoms with van der Waals surface area (Å²) in [5.74, 6) is 0.980. The Morgan fingerprint density at radius 3 is 2.59 bits per heavy atom. The maximum absolute atomic E-state index is 13.8. The molecule has 0 saturated carbocycles. The van der Waals surface area contributed by atoms with Crippen LogP contribution in [0.4, 0.5) is 4.39 Å². The van der Waals surface area contributed by atoms with Crippen molar-refractivity contribution in [3.8, 4) is 11.3 Å². The molecule has 4 aromatic rings. The molecular formula is C26H30FN5O2. The first-order chi connectivity index (χ1) is 16.2. The highest BCUT2D eigenvalue weighted by Gasteiger charge is 2.22. The number of carbonyl (C=O) groups excluding carboxylic acids is 1. The topological polar surface area (TPSA) is 76.2 Å². The molecule has 0 spiro atoms. The third kappa shape index (κ3) is 4.59. The molecule has 0 saturated heterocycles. The maximum atomic E-state index is 13.8. The molecule has 8 heteroatoms. The van der Waals surface area contributed by atoms with Crippen LogP contribution in [-0.4, -0.2) is 46.2 Å². The molecule has 0 aliphatic heterocycles. The maximum Gasteiger partial charge on any atom is 0.252 e. The lowest BCUT2D eigenvalue weighted by molar-refractivity contribution is 0.0943. The van der Waals surface area contributed by atoms with Crippen LogP contribution in [0.25, 0.3) is 22.3 Å². The molecule has 3 heterocycles. The Morgan fingerprint density at radius 2 is 1.97 bits per heavy atom. The van der Waals surface area contributed by atoms with Crippen molar-refractivity contribution in [3.63, 3.8) is 0 Å². The zero-order valence-corrected chi connectivity index (χ0v) is 20.4. The van der Waals surface area contributed by atoms with Crippen LogP contribution in [-0.2, 0) is 0 Å². The lowest BCUT2D eigenvalue weighted by Gasteiger charge is -2.25. The highest BCUT2D eigenvalue weighted by molar-refractivity contribution is 6.06. The minimum absolute atomic E-state index is 0.0782. The third-order valence-electron chi connectivity index (χ3n) is 5.93. The van der Waals surface area contributed by atoms with E-state index in [9.17, 15) is 9.18 Å². The van der Waals surface area contributed by atoms with Gasteiger partial charge in [-0.3, -0.25) is 4.79 Å². The Balaban J connectivity index is 1.72. The molecule has 1 atom stereocenters. The van der Waals surface area contributed by atoms with Crippen molar-refractivity contribution >= 4 is 16.9 Å². The molecule has 3 aromatic heterocycles. The Kier molecular flexibility index (Phi) is 6.52. The van der Waals surface area contributed by atoms with Crippen molar-refractivity contribution < 1.29 is 13.6 Å². The number of benzene rings is 1. The van der Waals surface area contributed by atoms with Crippen molar-refractivity contribution in [1.29, 1.82) is 0 Å². The number of likely N-dealkylation sites (N-methyl/N-ethyl adjacent to an activating group) is 1. The molecule has 7 nitrogen and oxygen atoms in total. The summed E-state index contributed by atoms with van der Waals surface area (Å²) < 4.78 is 21.3. The van der Waals surface area contributed by atoms with Crippen LogP contribution in [0.2, 0.25) is 0 Å². The summed E-state index contributed by atoms with van der Waals surface area (Å²) in [5, 5.41) is 8.20. The largest absolute Gasteiger partial charge is 0.466 e. The summed E-state index contributed by atoms with van der Waals surface area (Å²) in [6, 6.07) is 10.0. The molecule has 178 valence electrons. The number of hydrogen-bond acceptors (Lipinski definition) is 5. The van der Waals surface area contributed by atoms with Gasteiger partial charge in [0.1, 0.15) is 17.3 Å². The van der Waals surface area contributed by atoms with E-state index in [0.717, 1.165) is 22.6 Å². The smallest absolute Gasteiger partial charge is 0.252 e. The number of aryl methyl sites for hydroxylation is 2. The predicted molar refractivity (Wildman–Crippen MR) is 130 cm³/mol. The number of furan rings is 1.